The van der Waals surface area contributed by atoms with Crippen LogP contribution in [0.25, 0.3) is 0 Å². The Hall–Kier alpha value is -0.560. The van der Waals surface area contributed by atoms with Crippen molar-refractivity contribution >= 4 is 0 Å². The molecule has 0 fully saturated rings. The molecule has 1 aliphatic carbocycles. The Labute approximate surface area is 62.6 Å². The van der Waals surface area contributed by atoms with Crippen molar-refractivity contribution in [3.8, 4) is 0 Å². The van der Waals surface area contributed by atoms with Crippen LogP contribution in [-0.2, 0) is 0 Å². The molecule has 1 aliphatic rings. The Balaban J connectivity index is 2.66. The van der Waals surface area contributed by atoms with Gasteiger partial charge in [-0.05, 0) is 11.5 Å². The van der Waals surface area contributed by atoms with Gasteiger partial charge in [0.2, 0.25) is 0 Å². The quantitative estimate of drug-likeness (QED) is 0.525. The van der Waals surface area contributed by atoms with Gasteiger partial charge >= 0.3 is 0 Å². The molecule has 0 atom stereocenters. The molecule has 0 bridgehead atoms. The van der Waals surface area contributed by atoms with Crippen molar-refractivity contribution in [2.75, 3.05) is 0 Å². The second-order valence-electron chi connectivity index (χ2n) is 3.94. The number of quaternary nitrogens is 1. The zero-order valence-electron chi connectivity index (χ0n) is 7.07. The Kier molecular flexibility index (Phi) is 1.69. The standard InChI is InChI=1S/C9H15N/c1-9(2,3)7-4-5-8(10)6-7/h4-5H,6,10H2,1-3H3/p+1. The van der Waals surface area contributed by atoms with E-state index in [1.165, 1.54) is 11.3 Å². The van der Waals surface area contributed by atoms with Crippen LogP contribution in [0.15, 0.2) is 23.4 Å². The van der Waals surface area contributed by atoms with Crippen LogP contribution in [-0.4, -0.2) is 0 Å². The van der Waals surface area contributed by atoms with Crippen molar-refractivity contribution in [2.24, 2.45) is 5.41 Å². The fraction of sp³-hybridized carbons (Fsp3) is 0.556. The Bertz CT molecular complexity index is 191. The molecule has 10 heavy (non-hydrogen) atoms. The second-order valence-corrected chi connectivity index (χ2v) is 3.94. The molecule has 0 unspecified atom stereocenters. The first kappa shape index (κ1) is 7.55. The lowest BCUT2D eigenvalue weighted by molar-refractivity contribution is -0.304. The summed E-state index contributed by atoms with van der Waals surface area (Å²) in [6.45, 7) is 6.72. The molecule has 3 N–H and O–H groups in total. The summed E-state index contributed by atoms with van der Waals surface area (Å²) < 4.78 is 0. The first-order valence-electron chi connectivity index (χ1n) is 3.72. The number of allylic oxidation sites excluding steroid dienone is 3. The van der Waals surface area contributed by atoms with E-state index in [9.17, 15) is 0 Å². The van der Waals surface area contributed by atoms with Crippen LogP contribution in [0.5, 0.6) is 0 Å². The average molecular weight is 138 g/mol. The third kappa shape index (κ3) is 1.48. The van der Waals surface area contributed by atoms with Gasteiger partial charge in [-0.25, -0.2) is 0 Å². The monoisotopic (exact) mass is 138 g/mol. The maximum Gasteiger partial charge on any atom is 0.108 e. The molecule has 0 spiro atoms. The van der Waals surface area contributed by atoms with Crippen molar-refractivity contribution in [1.82, 2.24) is 0 Å². The highest BCUT2D eigenvalue weighted by Crippen LogP contribution is 2.31. The normalized spacial score (nSPS) is 18.8. The summed E-state index contributed by atoms with van der Waals surface area (Å²) in [6, 6.07) is 0. The highest BCUT2D eigenvalue weighted by Gasteiger charge is 2.20. The minimum Gasteiger partial charge on any atom is -0.329 e. The van der Waals surface area contributed by atoms with Crippen molar-refractivity contribution in [2.45, 2.75) is 27.2 Å². The van der Waals surface area contributed by atoms with Gasteiger partial charge in [0.25, 0.3) is 0 Å². The molecule has 0 heterocycles. The average Bonchev–Trinajstić information content (AvgIpc) is 2.11. The van der Waals surface area contributed by atoms with E-state index in [-0.39, 0.29) is 0 Å². The Morgan fingerprint density at radius 2 is 1.90 bits per heavy atom. The van der Waals surface area contributed by atoms with Gasteiger partial charge in [-0.2, -0.15) is 0 Å². The van der Waals surface area contributed by atoms with Crippen molar-refractivity contribution in [3.05, 3.63) is 23.4 Å². The molecule has 1 nitrogen and oxygen atoms in total. The van der Waals surface area contributed by atoms with Crippen molar-refractivity contribution in [3.63, 3.8) is 0 Å². The topological polar surface area (TPSA) is 27.6 Å². The van der Waals surface area contributed by atoms with Crippen molar-refractivity contribution < 1.29 is 5.73 Å². The van der Waals surface area contributed by atoms with E-state index in [0.717, 1.165) is 6.42 Å². The smallest absolute Gasteiger partial charge is 0.108 e. The Morgan fingerprint density at radius 3 is 2.10 bits per heavy atom. The third-order valence-electron chi connectivity index (χ3n) is 1.90. The molecule has 0 amide bonds. The molecular weight excluding hydrogens is 122 g/mol. The highest BCUT2D eigenvalue weighted by molar-refractivity contribution is 5.29. The molecule has 0 aromatic rings. The van der Waals surface area contributed by atoms with Crippen LogP contribution >= 0.6 is 0 Å². The minimum atomic E-state index is 0.329. The van der Waals surface area contributed by atoms with Gasteiger partial charge < -0.3 is 5.73 Å². The molecule has 0 radical (unpaired) electrons. The lowest BCUT2D eigenvalue weighted by Gasteiger charge is -2.19. The van der Waals surface area contributed by atoms with Crippen LogP contribution in [0.1, 0.15) is 27.2 Å². The molecule has 0 aromatic carbocycles. The van der Waals surface area contributed by atoms with Gasteiger partial charge in [0.1, 0.15) is 5.70 Å². The second kappa shape index (κ2) is 2.24. The molecular formula is C9H16N+. The van der Waals surface area contributed by atoms with Crippen LogP contribution in [0.3, 0.4) is 0 Å². The Morgan fingerprint density at radius 1 is 1.30 bits per heavy atom. The predicted molar refractivity (Wildman–Crippen MR) is 43.1 cm³/mol. The van der Waals surface area contributed by atoms with E-state index in [4.69, 9.17) is 0 Å². The van der Waals surface area contributed by atoms with E-state index in [1.54, 1.807) is 0 Å². The van der Waals surface area contributed by atoms with E-state index in [2.05, 4.69) is 38.7 Å². The number of rotatable bonds is 0. The third-order valence-corrected chi connectivity index (χ3v) is 1.90. The number of hydrogen-bond acceptors (Lipinski definition) is 0. The van der Waals surface area contributed by atoms with Crippen LogP contribution in [0.4, 0.5) is 0 Å². The highest BCUT2D eigenvalue weighted by atomic mass is 14.6. The minimum absolute atomic E-state index is 0.329. The van der Waals surface area contributed by atoms with Crippen molar-refractivity contribution in [1.29, 1.82) is 0 Å². The molecule has 0 aliphatic heterocycles. The van der Waals surface area contributed by atoms with Gasteiger partial charge in [0.15, 0.2) is 0 Å². The van der Waals surface area contributed by atoms with E-state index < -0.39 is 0 Å². The first-order valence-corrected chi connectivity index (χ1v) is 3.72. The summed E-state index contributed by atoms with van der Waals surface area (Å²) in [5.74, 6) is 0. The molecule has 0 saturated heterocycles. The molecule has 1 rings (SSSR count). The number of hydrogen-bond donors (Lipinski definition) is 1. The van der Waals surface area contributed by atoms with E-state index in [1.807, 2.05) is 0 Å². The SMILES string of the molecule is CC(C)(C)C1=CC=C([NH3+])C1. The fourth-order valence-electron chi connectivity index (χ4n) is 1.10. The molecule has 0 saturated carbocycles. The lowest BCUT2D eigenvalue weighted by Crippen LogP contribution is -2.46. The van der Waals surface area contributed by atoms with Crippen LogP contribution in [0.2, 0.25) is 0 Å². The summed E-state index contributed by atoms with van der Waals surface area (Å²) in [7, 11) is 0. The zero-order valence-corrected chi connectivity index (χ0v) is 7.07. The molecule has 0 aromatic heterocycles. The van der Waals surface area contributed by atoms with Gasteiger partial charge in [-0.3, -0.25) is 0 Å². The van der Waals surface area contributed by atoms with Gasteiger partial charge in [-0.1, -0.05) is 32.4 Å². The predicted octanol–water partition coefficient (Wildman–Crippen LogP) is 1.49. The fourth-order valence-corrected chi connectivity index (χ4v) is 1.10. The summed E-state index contributed by atoms with van der Waals surface area (Å²) in [6.07, 6.45) is 5.38. The summed E-state index contributed by atoms with van der Waals surface area (Å²) in [5.41, 5.74) is 6.98. The maximum atomic E-state index is 3.91. The van der Waals surface area contributed by atoms with Crippen LogP contribution in [0, 0.1) is 5.41 Å². The molecule has 1 heteroatoms. The summed E-state index contributed by atoms with van der Waals surface area (Å²) in [5, 5.41) is 0. The summed E-state index contributed by atoms with van der Waals surface area (Å²) >= 11 is 0. The van der Waals surface area contributed by atoms with Gasteiger partial charge in [0, 0.05) is 6.42 Å². The van der Waals surface area contributed by atoms with Gasteiger partial charge in [0.05, 0.1) is 0 Å². The lowest BCUT2D eigenvalue weighted by atomic mass is 9.86. The molecule has 56 valence electrons. The van der Waals surface area contributed by atoms with Crippen LogP contribution < -0.4 is 5.73 Å². The van der Waals surface area contributed by atoms with E-state index in [0.29, 0.717) is 5.41 Å². The van der Waals surface area contributed by atoms with E-state index >= 15 is 0 Å². The summed E-state index contributed by atoms with van der Waals surface area (Å²) in [4.78, 5) is 0. The zero-order chi connectivity index (χ0) is 7.78. The van der Waals surface area contributed by atoms with Gasteiger partial charge in [-0.15, -0.1) is 0 Å². The first-order chi connectivity index (χ1) is 4.50. The maximum absolute atomic E-state index is 3.91. The largest absolute Gasteiger partial charge is 0.329 e.